The standard InChI is InChI=1S/C3H5FO3/c4-1-2-7-3(5)6/h1-2H2,(H,5,6). The maximum absolute atomic E-state index is 11.0. The van der Waals surface area contributed by atoms with E-state index in [1.807, 2.05) is 0 Å². The van der Waals surface area contributed by atoms with E-state index in [1.165, 1.54) is 0 Å². The SMILES string of the molecule is O=C(O)OCCF. The van der Waals surface area contributed by atoms with Crippen molar-refractivity contribution in [3.05, 3.63) is 0 Å². The molecule has 0 unspecified atom stereocenters. The van der Waals surface area contributed by atoms with Gasteiger partial charge in [0.25, 0.3) is 0 Å². The summed E-state index contributed by atoms with van der Waals surface area (Å²) in [6, 6.07) is 0. The number of rotatable bonds is 2. The third-order valence-electron chi connectivity index (χ3n) is 0.303. The molecule has 0 aliphatic carbocycles. The normalized spacial score (nSPS) is 8.14. The topological polar surface area (TPSA) is 46.5 Å². The number of hydrogen-bond acceptors (Lipinski definition) is 2. The van der Waals surface area contributed by atoms with E-state index in [4.69, 9.17) is 5.11 Å². The van der Waals surface area contributed by atoms with E-state index in [0.29, 0.717) is 0 Å². The summed E-state index contributed by atoms with van der Waals surface area (Å²) in [5.74, 6) is 0. The van der Waals surface area contributed by atoms with Gasteiger partial charge < -0.3 is 9.84 Å². The van der Waals surface area contributed by atoms with Gasteiger partial charge in [-0.1, -0.05) is 0 Å². The maximum Gasteiger partial charge on any atom is 0.505 e. The molecule has 7 heavy (non-hydrogen) atoms. The quantitative estimate of drug-likeness (QED) is 0.528. The van der Waals surface area contributed by atoms with Crippen LogP contribution in [-0.4, -0.2) is 24.5 Å². The highest BCUT2D eigenvalue weighted by Gasteiger charge is 1.91. The Bertz CT molecular complexity index is 63.2. The third-order valence-corrected chi connectivity index (χ3v) is 0.303. The highest BCUT2D eigenvalue weighted by molar-refractivity contribution is 5.56. The van der Waals surface area contributed by atoms with Crippen molar-refractivity contribution in [1.29, 1.82) is 0 Å². The van der Waals surface area contributed by atoms with Crippen LogP contribution in [0.1, 0.15) is 0 Å². The van der Waals surface area contributed by atoms with Gasteiger partial charge in [0.15, 0.2) is 0 Å². The molecule has 0 saturated heterocycles. The van der Waals surface area contributed by atoms with Crippen molar-refractivity contribution in [3.63, 3.8) is 0 Å². The zero-order chi connectivity index (χ0) is 5.70. The van der Waals surface area contributed by atoms with Crippen LogP contribution in [0.5, 0.6) is 0 Å². The highest BCUT2D eigenvalue weighted by atomic mass is 19.1. The predicted molar refractivity (Wildman–Crippen MR) is 20.0 cm³/mol. The fourth-order valence-corrected chi connectivity index (χ4v) is 0.126. The Kier molecular flexibility index (Phi) is 3.00. The molecule has 0 aromatic heterocycles. The van der Waals surface area contributed by atoms with E-state index in [9.17, 15) is 9.18 Å². The molecule has 0 fully saturated rings. The highest BCUT2D eigenvalue weighted by Crippen LogP contribution is 1.74. The van der Waals surface area contributed by atoms with Crippen LogP contribution in [0.15, 0.2) is 0 Å². The van der Waals surface area contributed by atoms with Crippen LogP contribution >= 0.6 is 0 Å². The third kappa shape index (κ3) is 5.20. The lowest BCUT2D eigenvalue weighted by atomic mass is 10.8. The Hall–Kier alpha value is -0.800. The second-order valence-electron chi connectivity index (χ2n) is 0.803. The molecule has 0 aliphatic rings. The molecule has 0 spiro atoms. The zero-order valence-corrected chi connectivity index (χ0v) is 3.56. The lowest BCUT2D eigenvalue weighted by molar-refractivity contribution is 0.0858. The predicted octanol–water partition coefficient (Wildman–Crippen LogP) is 0.651. The molecule has 3 nitrogen and oxygen atoms in total. The summed E-state index contributed by atoms with van der Waals surface area (Å²) >= 11 is 0. The molecule has 0 rings (SSSR count). The van der Waals surface area contributed by atoms with Crippen LogP contribution in [0.4, 0.5) is 9.18 Å². The molecule has 0 aromatic carbocycles. The first-order valence-corrected chi connectivity index (χ1v) is 1.69. The molecule has 4 heteroatoms. The van der Waals surface area contributed by atoms with Gasteiger partial charge in [-0.2, -0.15) is 0 Å². The Balaban J connectivity index is 2.82. The molecule has 1 N–H and O–H groups in total. The first kappa shape index (κ1) is 6.20. The summed E-state index contributed by atoms with van der Waals surface area (Å²) in [5, 5.41) is 7.66. The Labute approximate surface area is 39.7 Å². The minimum atomic E-state index is -1.43. The molecular formula is C3H5FO3. The van der Waals surface area contributed by atoms with Gasteiger partial charge in [0.1, 0.15) is 13.3 Å². The van der Waals surface area contributed by atoms with E-state index < -0.39 is 12.8 Å². The van der Waals surface area contributed by atoms with Crippen molar-refractivity contribution >= 4 is 6.16 Å². The molecule has 0 atom stereocenters. The summed E-state index contributed by atoms with van der Waals surface area (Å²) in [6.07, 6.45) is -1.43. The fourth-order valence-electron chi connectivity index (χ4n) is 0.126. The lowest BCUT2D eigenvalue weighted by Gasteiger charge is -1.90. The molecule has 0 amide bonds. The average molecular weight is 108 g/mol. The minimum Gasteiger partial charge on any atom is -0.450 e. The molecule has 0 aromatic rings. The van der Waals surface area contributed by atoms with Crippen molar-refractivity contribution in [3.8, 4) is 0 Å². The van der Waals surface area contributed by atoms with Crippen molar-refractivity contribution in [2.24, 2.45) is 0 Å². The Morgan fingerprint density at radius 3 is 2.57 bits per heavy atom. The van der Waals surface area contributed by atoms with Gasteiger partial charge in [-0.3, -0.25) is 0 Å². The van der Waals surface area contributed by atoms with E-state index in [1.54, 1.807) is 0 Å². The number of alkyl halides is 1. The summed E-state index contributed by atoms with van der Waals surface area (Å²) in [5.41, 5.74) is 0. The molecule has 0 radical (unpaired) electrons. The summed E-state index contributed by atoms with van der Waals surface area (Å²) in [6.45, 7) is -1.12. The number of halogens is 1. The summed E-state index contributed by atoms with van der Waals surface area (Å²) in [4.78, 5) is 9.37. The van der Waals surface area contributed by atoms with E-state index in [0.717, 1.165) is 0 Å². The van der Waals surface area contributed by atoms with Gasteiger partial charge in [-0.05, 0) is 0 Å². The minimum absolute atomic E-state index is 0.366. The van der Waals surface area contributed by atoms with E-state index >= 15 is 0 Å². The van der Waals surface area contributed by atoms with Crippen LogP contribution in [-0.2, 0) is 4.74 Å². The largest absolute Gasteiger partial charge is 0.505 e. The Morgan fingerprint density at radius 1 is 1.86 bits per heavy atom. The van der Waals surface area contributed by atoms with Gasteiger partial charge in [-0.25, -0.2) is 9.18 Å². The molecule has 0 saturated carbocycles. The van der Waals surface area contributed by atoms with Gasteiger partial charge in [0, 0.05) is 0 Å². The first-order chi connectivity index (χ1) is 3.27. The number of carboxylic acid groups (broad SMARTS) is 1. The van der Waals surface area contributed by atoms with E-state index in [-0.39, 0.29) is 6.61 Å². The van der Waals surface area contributed by atoms with Crippen molar-refractivity contribution in [1.82, 2.24) is 0 Å². The second kappa shape index (κ2) is 3.39. The smallest absolute Gasteiger partial charge is 0.450 e. The van der Waals surface area contributed by atoms with Crippen LogP contribution in [0.3, 0.4) is 0 Å². The van der Waals surface area contributed by atoms with Crippen molar-refractivity contribution in [2.75, 3.05) is 13.3 Å². The van der Waals surface area contributed by atoms with Gasteiger partial charge in [-0.15, -0.1) is 0 Å². The summed E-state index contributed by atoms with van der Waals surface area (Å²) < 4.78 is 14.7. The maximum atomic E-state index is 11.0. The Morgan fingerprint density at radius 2 is 2.43 bits per heavy atom. The molecule has 0 bridgehead atoms. The monoisotopic (exact) mass is 108 g/mol. The lowest BCUT2D eigenvalue weighted by Crippen LogP contribution is -2.02. The van der Waals surface area contributed by atoms with Crippen molar-refractivity contribution < 1.29 is 19.0 Å². The average Bonchev–Trinajstić information content (AvgIpc) is 1.61. The van der Waals surface area contributed by atoms with Crippen LogP contribution in [0.2, 0.25) is 0 Å². The number of ether oxygens (including phenoxy) is 1. The summed E-state index contributed by atoms with van der Waals surface area (Å²) in [7, 11) is 0. The molecule has 0 aliphatic heterocycles. The van der Waals surface area contributed by atoms with Crippen molar-refractivity contribution in [2.45, 2.75) is 0 Å². The molecular weight excluding hydrogens is 103 g/mol. The molecule has 42 valence electrons. The fraction of sp³-hybridized carbons (Fsp3) is 0.667. The van der Waals surface area contributed by atoms with Crippen LogP contribution in [0, 0.1) is 0 Å². The number of carbonyl (C=O) groups is 1. The zero-order valence-electron chi connectivity index (χ0n) is 3.56. The van der Waals surface area contributed by atoms with Gasteiger partial charge >= 0.3 is 6.16 Å². The molecule has 0 heterocycles. The van der Waals surface area contributed by atoms with Gasteiger partial charge in [0.05, 0.1) is 0 Å². The second-order valence-corrected chi connectivity index (χ2v) is 0.803. The van der Waals surface area contributed by atoms with Crippen LogP contribution in [0.25, 0.3) is 0 Å². The van der Waals surface area contributed by atoms with E-state index in [2.05, 4.69) is 4.74 Å². The first-order valence-electron chi connectivity index (χ1n) is 1.69. The van der Waals surface area contributed by atoms with Gasteiger partial charge in [0.2, 0.25) is 0 Å². The van der Waals surface area contributed by atoms with Crippen LogP contribution < -0.4 is 0 Å². The number of hydrogen-bond donors (Lipinski definition) is 1.